The van der Waals surface area contributed by atoms with Crippen molar-refractivity contribution in [3.05, 3.63) is 77.4 Å². The lowest BCUT2D eigenvalue weighted by atomic mass is 10.1. The van der Waals surface area contributed by atoms with Crippen molar-refractivity contribution < 1.29 is 4.79 Å². The lowest BCUT2D eigenvalue weighted by Crippen LogP contribution is -2.29. The molecule has 7 nitrogen and oxygen atoms in total. The number of nitrogens with one attached hydrogen (secondary N) is 2. The van der Waals surface area contributed by atoms with Crippen molar-refractivity contribution in [1.82, 2.24) is 30.3 Å². The van der Waals surface area contributed by atoms with Gasteiger partial charge < -0.3 is 10.3 Å². The molecule has 4 rings (SSSR count). The van der Waals surface area contributed by atoms with Crippen LogP contribution in [0.1, 0.15) is 46.8 Å². The van der Waals surface area contributed by atoms with Crippen molar-refractivity contribution in [2.75, 3.05) is 0 Å². The van der Waals surface area contributed by atoms with E-state index in [1.807, 2.05) is 44.2 Å². The summed E-state index contributed by atoms with van der Waals surface area (Å²) in [5.74, 6) is 0.498. The highest BCUT2D eigenvalue weighted by atomic mass is 16.2. The highest BCUT2D eigenvalue weighted by molar-refractivity contribution is 5.92. The average molecular weight is 388 g/mol. The molecule has 2 heterocycles. The number of imidazole rings is 1. The fourth-order valence-corrected chi connectivity index (χ4v) is 3.30. The molecule has 0 aliphatic heterocycles. The maximum atomic E-state index is 12.7. The number of aromatic nitrogens is 5. The fourth-order valence-electron chi connectivity index (χ4n) is 3.30. The van der Waals surface area contributed by atoms with E-state index >= 15 is 0 Å². The van der Waals surface area contributed by atoms with Crippen LogP contribution in [0.5, 0.6) is 0 Å². The molecule has 7 heteroatoms. The number of benzene rings is 2. The Labute approximate surface area is 169 Å². The molecule has 1 atom stereocenters. The standard InChI is InChI=1S/C22H24N6O/c1-3-17(21-23-18-10-9-15(2)13-19(18)24-21)25-22(29)20-14-28(27-26-20)12-11-16-7-5-4-6-8-16/h4-10,13-14,17H,3,11-12H2,1-2H3,(H,23,24)(H,25,29)/t17-/m1/s1. The second-order valence-electron chi connectivity index (χ2n) is 7.18. The van der Waals surface area contributed by atoms with Gasteiger partial charge in [0.2, 0.25) is 0 Å². The summed E-state index contributed by atoms with van der Waals surface area (Å²) in [4.78, 5) is 20.6. The van der Waals surface area contributed by atoms with Crippen molar-refractivity contribution in [2.45, 2.75) is 39.3 Å². The Kier molecular flexibility index (Phi) is 5.37. The SMILES string of the molecule is CC[C@@H](NC(=O)c1cn(CCc2ccccc2)nn1)c1nc2ccc(C)cc2[nH]1. The van der Waals surface area contributed by atoms with E-state index in [1.54, 1.807) is 10.9 Å². The summed E-state index contributed by atoms with van der Waals surface area (Å²) < 4.78 is 1.70. The van der Waals surface area contributed by atoms with Crippen molar-refractivity contribution in [2.24, 2.45) is 0 Å². The van der Waals surface area contributed by atoms with Gasteiger partial charge in [-0.3, -0.25) is 9.48 Å². The Morgan fingerprint density at radius 2 is 2.03 bits per heavy atom. The number of fused-ring (bicyclic) bond motifs is 1. The molecule has 0 aliphatic rings. The van der Waals surface area contributed by atoms with Crippen LogP contribution in [-0.4, -0.2) is 30.9 Å². The third-order valence-electron chi connectivity index (χ3n) is 4.94. The zero-order chi connectivity index (χ0) is 20.2. The number of hydrogen-bond acceptors (Lipinski definition) is 4. The zero-order valence-electron chi connectivity index (χ0n) is 16.6. The van der Waals surface area contributed by atoms with Gasteiger partial charge in [0.05, 0.1) is 23.3 Å². The number of H-pyrrole nitrogens is 1. The molecule has 0 radical (unpaired) electrons. The summed E-state index contributed by atoms with van der Waals surface area (Å²) in [5.41, 5.74) is 4.56. The lowest BCUT2D eigenvalue weighted by molar-refractivity contribution is 0.0928. The summed E-state index contributed by atoms with van der Waals surface area (Å²) in [5, 5.41) is 11.1. The van der Waals surface area contributed by atoms with Crippen molar-refractivity contribution in [3.63, 3.8) is 0 Å². The number of carbonyl (C=O) groups is 1. The summed E-state index contributed by atoms with van der Waals surface area (Å²) in [6.45, 7) is 4.73. The second-order valence-corrected chi connectivity index (χ2v) is 7.18. The van der Waals surface area contributed by atoms with E-state index in [4.69, 9.17) is 0 Å². The molecule has 0 saturated heterocycles. The number of nitrogens with zero attached hydrogens (tertiary/aromatic N) is 4. The highest BCUT2D eigenvalue weighted by Crippen LogP contribution is 2.19. The van der Waals surface area contributed by atoms with E-state index in [9.17, 15) is 4.79 Å². The van der Waals surface area contributed by atoms with Crippen molar-refractivity contribution >= 4 is 16.9 Å². The number of aromatic amines is 1. The minimum Gasteiger partial charge on any atom is -0.341 e. The summed E-state index contributed by atoms with van der Waals surface area (Å²) in [6.07, 6.45) is 3.24. The number of aryl methyl sites for hydroxylation is 3. The van der Waals surface area contributed by atoms with Gasteiger partial charge in [0.1, 0.15) is 5.82 Å². The van der Waals surface area contributed by atoms with Crippen LogP contribution in [0.2, 0.25) is 0 Å². The third kappa shape index (κ3) is 4.34. The molecule has 0 fully saturated rings. The van der Waals surface area contributed by atoms with Gasteiger partial charge in [-0.15, -0.1) is 5.10 Å². The Hall–Kier alpha value is -3.48. The molecule has 0 saturated carbocycles. The smallest absolute Gasteiger partial charge is 0.274 e. The predicted molar refractivity (Wildman–Crippen MR) is 111 cm³/mol. The summed E-state index contributed by atoms with van der Waals surface area (Å²) >= 11 is 0. The normalized spacial score (nSPS) is 12.2. The Bertz CT molecular complexity index is 1110. The van der Waals surface area contributed by atoms with Gasteiger partial charge in [0, 0.05) is 6.54 Å². The topological polar surface area (TPSA) is 88.5 Å². The lowest BCUT2D eigenvalue weighted by Gasteiger charge is -2.13. The maximum absolute atomic E-state index is 12.7. The van der Waals surface area contributed by atoms with Crippen LogP contribution >= 0.6 is 0 Å². The van der Waals surface area contributed by atoms with E-state index in [2.05, 4.69) is 43.8 Å². The van der Waals surface area contributed by atoms with Crippen LogP contribution in [0.25, 0.3) is 11.0 Å². The van der Waals surface area contributed by atoms with E-state index < -0.39 is 0 Å². The molecule has 2 aromatic carbocycles. The molecule has 1 amide bonds. The molecule has 0 unspecified atom stereocenters. The van der Waals surface area contributed by atoms with Gasteiger partial charge in [-0.05, 0) is 43.0 Å². The number of hydrogen-bond donors (Lipinski definition) is 2. The Morgan fingerprint density at radius 1 is 1.21 bits per heavy atom. The van der Waals surface area contributed by atoms with Gasteiger partial charge >= 0.3 is 0 Å². The van der Waals surface area contributed by atoms with Crippen LogP contribution in [-0.2, 0) is 13.0 Å². The predicted octanol–water partition coefficient (Wildman–Crippen LogP) is 3.59. The first kappa shape index (κ1) is 18.9. The molecular weight excluding hydrogens is 364 g/mol. The van der Waals surface area contributed by atoms with E-state index in [0.717, 1.165) is 28.8 Å². The van der Waals surface area contributed by atoms with Crippen LogP contribution in [0, 0.1) is 6.92 Å². The molecule has 148 valence electrons. The van der Waals surface area contributed by atoms with Gasteiger partial charge in [-0.1, -0.05) is 48.5 Å². The second kappa shape index (κ2) is 8.26. The molecule has 2 aromatic heterocycles. The van der Waals surface area contributed by atoms with Crippen LogP contribution in [0.3, 0.4) is 0 Å². The van der Waals surface area contributed by atoms with Gasteiger partial charge in [0.15, 0.2) is 5.69 Å². The molecule has 2 N–H and O–H groups in total. The Morgan fingerprint density at radius 3 is 2.83 bits per heavy atom. The molecule has 0 spiro atoms. The van der Waals surface area contributed by atoms with Gasteiger partial charge in [-0.25, -0.2) is 4.98 Å². The minimum atomic E-state index is -0.251. The van der Waals surface area contributed by atoms with E-state index in [0.29, 0.717) is 18.7 Å². The van der Waals surface area contributed by atoms with Crippen LogP contribution in [0.4, 0.5) is 0 Å². The first-order chi connectivity index (χ1) is 14.1. The highest BCUT2D eigenvalue weighted by Gasteiger charge is 2.19. The monoisotopic (exact) mass is 388 g/mol. The number of rotatable bonds is 7. The molecule has 0 aliphatic carbocycles. The van der Waals surface area contributed by atoms with Gasteiger partial charge in [-0.2, -0.15) is 0 Å². The largest absolute Gasteiger partial charge is 0.341 e. The minimum absolute atomic E-state index is 0.218. The number of amides is 1. The Balaban J connectivity index is 1.42. The van der Waals surface area contributed by atoms with E-state index in [-0.39, 0.29) is 11.9 Å². The first-order valence-corrected chi connectivity index (χ1v) is 9.83. The fraction of sp³-hybridized carbons (Fsp3) is 0.273. The zero-order valence-corrected chi connectivity index (χ0v) is 16.6. The van der Waals surface area contributed by atoms with Crippen LogP contribution in [0.15, 0.2) is 54.7 Å². The number of carbonyl (C=O) groups excluding carboxylic acids is 1. The van der Waals surface area contributed by atoms with E-state index in [1.165, 1.54) is 5.56 Å². The average Bonchev–Trinajstić information content (AvgIpc) is 3.38. The first-order valence-electron chi connectivity index (χ1n) is 9.83. The summed E-state index contributed by atoms with van der Waals surface area (Å²) in [6, 6.07) is 16.0. The molecule has 4 aromatic rings. The van der Waals surface area contributed by atoms with Crippen LogP contribution < -0.4 is 5.32 Å². The van der Waals surface area contributed by atoms with Crippen molar-refractivity contribution in [3.8, 4) is 0 Å². The molecular formula is C22H24N6O. The summed E-state index contributed by atoms with van der Waals surface area (Å²) in [7, 11) is 0. The molecule has 0 bridgehead atoms. The van der Waals surface area contributed by atoms with Crippen molar-refractivity contribution in [1.29, 1.82) is 0 Å². The quantitative estimate of drug-likeness (QED) is 0.506. The van der Waals surface area contributed by atoms with Gasteiger partial charge in [0.25, 0.3) is 5.91 Å². The third-order valence-corrected chi connectivity index (χ3v) is 4.94. The molecule has 29 heavy (non-hydrogen) atoms. The maximum Gasteiger partial charge on any atom is 0.274 e.